The minimum absolute atomic E-state index is 0.450. The van der Waals surface area contributed by atoms with Crippen LogP contribution in [0.2, 0.25) is 0 Å². The average Bonchev–Trinajstić information content (AvgIpc) is 3.35. The number of halogens is 2. The van der Waals surface area contributed by atoms with Gasteiger partial charge in [-0.3, -0.25) is 28.7 Å². The summed E-state index contributed by atoms with van der Waals surface area (Å²) in [5.74, 6) is -1.94. The summed E-state index contributed by atoms with van der Waals surface area (Å²) in [6.07, 6.45) is 3.85. The first-order valence-electron chi connectivity index (χ1n) is 8.62. The average molecular weight is 400 g/mol. The number of hydrogen-bond acceptors (Lipinski definition) is 6. The Hall–Kier alpha value is -2.86. The molecular weight excluding hydrogens is 382 g/mol. The lowest BCUT2D eigenvalue weighted by Crippen LogP contribution is -2.33. The van der Waals surface area contributed by atoms with Crippen LogP contribution in [0.1, 0.15) is 38.1 Å². The number of nitrogens with zero attached hydrogens (tertiary/aromatic N) is 2. The van der Waals surface area contributed by atoms with E-state index in [9.17, 15) is 28.0 Å². The zero-order valence-electron chi connectivity index (χ0n) is 14.7. The summed E-state index contributed by atoms with van der Waals surface area (Å²) in [4.78, 5) is 47.7. The van der Waals surface area contributed by atoms with E-state index in [1.165, 1.54) is 0 Å². The van der Waals surface area contributed by atoms with E-state index in [1.807, 2.05) is 9.97 Å². The molecule has 0 saturated carbocycles. The van der Waals surface area contributed by atoms with Crippen molar-refractivity contribution in [2.24, 2.45) is 0 Å². The molecule has 0 aliphatic carbocycles. The number of aromatic nitrogens is 4. The van der Waals surface area contributed by atoms with Crippen LogP contribution in [0.4, 0.5) is 8.78 Å². The first-order chi connectivity index (χ1) is 13.4. The van der Waals surface area contributed by atoms with E-state index in [2.05, 4.69) is 0 Å². The van der Waals surface area contributed by atoms with Crippen LogP contribution in [0.15, 0.2) is 31.6 Å². The molecule has 0 amide bonds. The number of ether oxygens (including phenoxy) is 2. The first-order valence-corrected chi connectivity index (χ1v) is 8.62. The van der Waals surface area contributed by atoms with E-state index < -0.39 is 46.6 Å². The Balaban J connectivity index is 0.000000161. The molecule has 2 unspecified atom stereocenters. The number of H-pyrrole nitrogens is 2. The van der Waals surface area contributed by atoms with Gasteiger partial charge in [-0.15, -0.1) is 0 Å². The third kappa shape index (κ3) is 4.34. The molecule has 0 aromatic carbocycles. The summed E-state index contributed by atoms with van der Waals surface area (Å²) in [5.41, 5.74) is -3.26. The van der Waals surface area contributed by atoms with Gasteiger partial charge in [0.2, 0.25) is 11.6 Å². The highest BCUT2D eigenvalue weighted by Crippen LogP contribution is 2.21. The molecule has 4 heterocycles. The van der Waals surface area contributed by atoms with Crippen LogP contribution in [-0.2, 0) is 9.47 Å². The van der Waals surface area contributed by atoms with E-state index >= 15 is 0 Å². The lowest BCUT2D eigenvalue weighted by molar-refractivity contribution is 0.0515. The third-order valence-corrected chi connectivity index (χ3v) is 4.28. The van der Waals surface area contributed by atoms with Crippen LogP contribution < -0.4 is 22.5 Å². The minimum Gasteiger partial charge on any atom is -0.358 e. The fourth-order valence-corrected chi connectivity index (χ4v) is 2.91. The summed E-state index contributed by atoms with van der Waals surface area (Å²) < 4.78 is 38.2. The van der Waals surface area contributed by atoms with Gasteiger partial charge in [0.25, 0.3) is 11.1 Å². The first kappa shape index (κ1) is 19.9. The van der Waals surface area contributed by atoms with Crippen LogP contribution in [0, 0.1) is 11.6 Å². The van der Waals surface area contributed by atoms with Gasteiger partial charge in [-0.05, 0) is 25.7 Å². The molecular formula is C16H18F2N4O6. The zero-order chi connectivity index (χ0) is 20.3. The number of nitrogens with one attached hydrogen (secondary N) is 2. The predicted octanol–water partition coefficient (Wildman–Crippen LogP) is -0.0306. The van der Waals surface area contributed by atoms with Crippen LogP contribution >= 0.6 is 0 Å². The van der Waals surface area contributed by atoms with Crippen molar-refractivity contribution in [2.45, 2.75) is 38.1 Å². The number of hydrogen-bond donors (Lipinski definition) is 2. The third-order valence-electron chi connectivity index (χ3n) is 4.28. The standard InChI is InChI=1S/2C8H9FN2O3/c2*9-5-4-11(6-2-1-3-14-6)8(13)10-7(5)12/h2*4,6H,1-3H2,(H,10,12,13). The zero-order valence-corrected chi connectivity index (χ0v) is 14.7. The Labute approximate surface area is 155 Å². The quantitative estimate of drug-likeness (QED) is 0.729. The second kappa shape index (κ2) is 8.44. The van der Waals surface area contributed by atoms with Crippen molar-refractivity contribution < 1.29 is 18.3 Å². The maximum Gasteiger partial charge on any atom is 0.330 e. The van der Waals surface area contributed by atoms with Crippen molar-refractivity contribution in [1.82, 2.24) is 19.1 Å². The lowest BCUT2D eigenvalue weighted by Gasteiger charge is -2.11. The summed E-state index contributed by atoms with van der Waals surface area (Å²) in [7, 11) is 0. The fourth-order valence-electron chi connectivity index (χ4n) is 2.91. The van der Waals surface area contributed by atoms with Crippen molar-refractivity contribution in [3.05, 3.63) is 65.7 Å². The van der Waals surface area contributed by atoms with E-state index in [4.69, 9.17) is 9.47 Å². The molecule has 2 aromatic heterocycles. The van der Waals surface area contributed by atoms with E-state index in [1.54, 1.807) is 0 Å². The Bertz CT molecular complexity index is 975. The summed E-state index contributed by atoms with van der Waals surface area (Å²) in [5, 5.41) is 0. The van der Waals surface area contributed by atoms with Crippen molar-refractivity contribution >= 4 is 0 Å². The van der Waals surface area contributed by atoms with Gasteiger partial charge in [0, 0.05) is 13.2 Å². The van der Waals surface area contributed by atoms with Crippen LogP contribution in [0.5, 0.6) is 0 Å². The van der Waals surface area contributed by atoms with Crippen LogP contribution in [0.3, 0.4) is 0 Å². The molecule has 0 spiro atoms. The molecule has 2 N–H and O–H groups in total. The van der Waals surface area contributed by atoms with Crippen LogP contribution in [0.25, 0.3) is 0 Å². The highest BCUT2D eigenvalue weighted by atomic mass is 19.1. The maximum absolute atomic E-state index is 12.9. The number of aromatic amines is 2. The van der Waals surface area contributed by atoms with Crippen molar-refractivity contribution in [3.8, 4) is 0 Å². The molecule has 0 radical (unpaired) electrons. The van der Waals surface area contributed by atoms with E-state index in [0.29, 0.717) is 26.1 Å². The van der Waals surface area contributed by atoms with Gasteiger partial charge in [-0.25, -0.2) is 9.59 Å². The molecule has 2 aliphatic rings. The molecule has 10 nitrogen and oxygen atoms in total. The second-order valence-electron chi connectivity index (χ2n) is 6.22. The van der Waals surface area contributed by atoms with Gasteiger partial charge in [0.05, 0.1) is 12.4 Å². The molecule has 12 heteroatoms. The van der Waals surface area contributed by atoms with Crippen molar-refractivity contribution in [2.75, 3.05) is 13.2 Å². The molecule has 4 rings (SSSR count). The Kier molecular flexibility index (Phi) is 5.99. The van der Waals surface area contributed by atoms with Gasteiger partial charge < -0.3 is 9.47 Å². The van der Waals surface area contributed by atoms with Gasteiger partial charge >= 0.3 is 11.4 Å². The van der Waals surface area contributed by atoms with E-state index in [-0.39, 0.29) is 0 Å². The SMILES string of the molecule is O=c1[nH]c(=O)n(C2CCCO2)cc1F.O=c1[nH]c(=O)n(C2CCCO2)cc1F. The van der Waals surface area contributed by atoms with Crippen LogP contribution in [-0.4, -0.2) is 32.3 Å². The highest BCUT2D eigenvalue weighted by molar-refractivity contribution is 4.89. The molecule has 2 saturated heterocycles. The highest BCUT2D eigenvalue weighted by Gasteiger charge is 2.20. The minimum atomic E-state index is -0.996. The summed E-state index contributed by atoms with van der Waals surface area (Å²) >= 11 is 0. The van der Waals surface area contributed by atoms with Gasteiger partial charge in [0.15, 0.2) is 0 Å². The maximum atomic E-state index is 12.9. The molecule has 2 aliphatic heterocycles. The smallest absolute Gasteiger partial charge is 0.330 e. The van der Waals surface area contributed by atoms with E-state index in [0.717, 1.165) is 34.4 Å². The molecule has 0 bridgehead atoms. The predicted molar refractivity (Wildman–Crippen MR) is 91.0 cm³/mol. The van der Waals surface area contributed by atoms with Gasteiger partial charge in [-0.1, -0.05) is 0 Å². The monoisotopic (exact) mass is 400 g/mol. The fraction of sp³-hybridized carbons (Fsp3) is 0.500. The Morgan fingerprint density at radius 3 is 1.50 bits per heavy atom. The molecule has 2 atom stereocenters. The molecule has 152 valence electrons. The van der Waals surface area contributed by atoms with Gasteiger partial charge in [-0.2, -0.15) is 8.78 Å². The largest absolute Gasteiger partial charge is 0.358 e. The molecule has 28 heavy (non-hydrogen) atoms. The van der Waals surface area contributed by atoms with Crippen molar-refractivity contribution in [1.29, 1.82) is 0 Å². The molecule has 2 fully saturated rings. The number of rotatable bonds is 2. The summed E-state index contributed by atoms with van der Waals surface area (Å²) in [6.45, 7) is 1.11. The van der Waals surface area contributed by atoms with Gasteiger partial charge in [0.1, 0.15) is 12.5 Å². The lowest BCUT2D eigenvalue weighted by atomic mass is 10.3. The summed E-state index contributed by atoms with van der Waals surface area (Å²) in [6, 6.07) is 0. The second-order valence-corrected chi connectivity index (χ2v) is 6.22. The van der Waals surface area contributed by atoms with Crippen molar-refractivity contribution in [3.63, 3.8) is 0 Å². The topological polar surface area (TPSA) is 128 Å². The molecule has 2 aromatic rings. The Morgan fingerprint density at radius 1 is 0.786 bits per heavy atom. The Morgan fingerprint density at radius 2 is 1.18 bits per heavy atom. The normalized spacial score (nSPS) is 21.4.